The second-order valence-corrected chi connectivity index (χ2v) is 5.61. The highest BCUT2D eigenvalue weighted by molar-refractivity contribution is 9.08. The van der Waals surface area contributed by atoms with E-state index in [4.69, 9.17) is 4.74 Å². The van der Waals surface area contributed by atoms with Crippen LogP contribution in [0.25, 0.3) is 11.1 Å². The lowest BCUT2D eigenvalue weighted by atomic mass is 9.93. The fourth-order valence-corrected chi connectivity index (χ4v) is 3.03. The Hall–Kier alpha value is -1.61. The highest BCUT2D eigenvalue weighted by Crippen LogP contribution is 2.31. The first-order valence-corrected chi connectivity index (χ1v) is 8.12. The van der Waals surface area contributed by atoms with E-state index in [1.54, 1.807) is 6.07 Å². The molecule has 2 nitrogen and oxygen atoms in total. The van der Waals surface area contributed by atoms with Crippen molar-refractivity contribution >= 4 is 21.9 Å². The Bertz CT molecular complexity index is 662. The molecular formula is C18H19BrO2. The summed E-state index contributed by atoms with van der Waals surface area (Å²) < 4.78 is 5.08. The van der Waals surface area contributed by atoms with Crippen LogP contribution in [0, 0.1) is 13.8 Å². The summed E-state index contributed by atoms with van der Waals surface area (Å²) in [5.41, 5.74) is 6.51. The molecule has 0 fully saturated rings. The fourth-order valence-electron chi connectivity index (χ4n) is 2.59. The van der Waals surface area contributed by atoms with Gasteiger partial charge in [0.25, 0.3) is 0 Å². The van der Waals surface area contributed by atoms with Crippen LogP contribution in [0.2, 0.25) is 0 Å². The summed E-state index contributed by atoms with van der Waals surface area (Å²) in [5.74, 6) is -0.274. The molecule has 0 aromatic heterocycles. The number of carbonyl (C=O) groups excluding carboxylic acids is 1. The molecule has 2 aromatic carbocycles. The van der Waals surface area contributed by atoms with Gasteiger partial charge in [-0.1, -0.05) is 45.8 Å². The summed E-state index contributed by atoms with van der Waals surface area (Å²) in [6.45, 7) is 6.40. The van der Waals surface area contributed by atoms with E-state index in [0.717, 1.165) is 10.9 Å². The number of hydrogen-bond acceptors (Lipinski definition) is 2. The Morgan fingerprint density at radius 2 is 1.95 bits per heavy atom. The molecule has 0 heterocycles. The number of carbonyl (C=O) groups is 1. The van der Waals surface area contributed by atoms with Crippen LogP contribution in [0.15, 0.2) is 36.4 Å². The molecular weight excluding hydrogens is 328 g/mol. The summed E-state index contributed by atoms with van der Waals surface area (Å²) >= 11 is 3.55. The molecule has 3 heteroatoms. The van der Waals surface area contributed by atoms with Crippen molar-refractivity contribution in [1.82, 2.24) is 0 Å². The quantitative estimate of drug-likeness (QED) is 0.572. The van der Waals surface area contributed by atoms with Crippen molar-refractivity contribution in [2.75, 3.05) is 6.61 Å². The number of halogens is 1. The lowest BCUT2D eigenvalue weighted by Crippen LogP contribution is -2.04. The zero-order chi connectivity index (χ0) is 15.4. The summed E-state index contributed by atoms with van der Waals surface area (Å²) in [4.78, 5) is 11.9. The van der Waals surface area contributed by atoms with Gasteiger partial charge in [-0.05, 0) is 55.2 Å². The predicted molar refractivity (Wildman–Crippen MR) is 89.9 cm³/mol. The smallest absolute Gasteiger partial charge is 0.338 e. The van der Waals surface area contributed by atoms with Gasteiger partial charge in [-0.3, -0.25) is 0 Å². The fraction of sp³-hybridized carbons (Fsp3) is 0.278. The van der Waals surface area contributed by atoms with Gasteiger partial charge >= 0.3 is 5.97 Å². The molecule has 0 aliphatic carbocycles. The van der Waals surface area contributed by atoms with E-state index >= 15 is 0 Å². The topological polar surface area (TPSA) is 26.3 Å². The van der Waals surface area contributed by atoms with Crippen molar-refractivity contribution in [2.24, 2.45) is 0 Å². The molecule has 0 saturated carbocycles. The van der Waals surface area contributed by atoms with Crippen molar-refractivity contribution < 1.29 is 9.53 Å². The number of ether oxygens (including phenoxy) is 1. The van der Waals surface area contributed by atoms with E-state index < -0.39 is 0 Å². The van der Waals surface area contributed by atoms with Crippen LogP contribution in [-0.2, 0) is 10.1 Å². The molecule has 0 bridgehead atoms. The lowest BCUT2D eigenvalue weighted by molar-refractivity contribution is 0.0526. The average molecular weight is 347 g/mol. The Labute approximate surface area is 134 Å². The van der Waals surface area contributed by atoms with E-state index in [0.29, 0.717) is 12.2 Å². The van der Waals surface area contributed by atoms with Crippen LogP contribution in [0.3, 0.4) is 0 Å². The molecule has 2 aromatic rings. The molecule has 0 spiro atoms. The number of hydrogen-bond donors (Lipinski definition) is 0. The summed E-state index contributed by atoms with van der Waals surface area (Å²) in [6, 6.07) is 12.0. The maximum atomic E-state index is 11.9. The van der Waals surface area contributed by atoms with Crippen molar-refractivity contribution in [1.29, 1.82) is 0 Å². The molecule has 110 valence electrons. The summed E-state index contributed by atoms with van der Waals surface area (Å²) in [7, 11) is 0. The molecule has 2 rings (SSSR count). The second-order valence-electron chi connectivity index (χ2n) is 5.05. The van der Waals surface area contributed by atoms with E-state index in [1.807, 2.05) is 25.1 Å². The minimum absolute atomic E-state index is 0.274. The minimum Gasteiger partial charge on any atom is -0.462 e. The molecule has 0 amide bonds. The van der Waals surface area contributed by atoms with Crippen molar-refractivity contribution in [2.45, 2.75) is 26.1 Å². The third-order valence-corrected chi connectivity index (χ3v) is 3.97. The zero-order valence-corrected chi connectivity index (χ0v) is 14.2. The maximum absolute atomic E-state index is 11.9. The highest BCUT2D eigenvalue weighted by atomic mass is 79.9. The molecule has 21 heavy (non-hydrogen) atoms. The third kappa shape index (κ3) is 3.53. The second kappa shape index (κ2) is 6.90. The minimum atomic E-state index is -0.274. The summed E-state index contributed by atoms with van der Waals surface area (Å²) in [5, 5.41) is 0.786. The van der Waals surface area contributed by atoms with Crippen molar-refractivity contribution in [3.63, 3.8) is 0 Å². The zero-order valence-electron chi connectivity index (χ0n) is 12.6. The molecule has 0 N–H and O–H groups in total. The van der Waals surface area contributed by atoms with Gasteiger partial charge in [0, 0.05) is 5.33 Å². The summed E-state index contributed by atoms with van der Waals surface area (Å²) in [6.07, 6.45) is 0. The standard InChI is InChI=1S/C18H19BrO2/c1-4-21-18(20)15-7-5-6-14(10-15)17-13(3)8-12(2)9-16(17)11-19/h5-10H,4,11H2,1-3H3. The molecule has 0 unspecified atom stereocenters. The van der Waals surface area contributed by atoms with Crippen LogP contribution in [-0.4, -0.2) is 12.6 Å². The van der Waals surface area contributed by atoms with Crippen LogP contribution < -0.4 is 0 Å². The Morgan fingerprint density at radius 1 is 1.19 bits per heavy atom. The third-order valence-electron chi connectivity index (χ3n) is 3.37. The van der Waals surface area contributed by atoms with Gasteiger partial charge in [0.05, 0.1) is 12.2 Å². The maximum Gasteiger partial charge on any atom is 0.338 e. The molecule has 0 aliphatic heterocycles. The van der Waals surface area contributed by atoms with Crippen LogP contribution in [0.5, 0.6) is 0 Å². The predicted octanol–water partition coefficient (Wildman–Crippen LogP) is 5.04. The molecule has 0 atom stereocenters. The van der Waals surface area contributed by atoms with Gasteiger partial charge in [-0.15, -0.1) is 0 Å². The number of benzene rings is 2. The highest BCUT2D eigenvalue weighted by Gasteiger charge is 2.12. The lowest BCUT2D eigenvalue weighted by Gasteiger charge is -2.14. The first kappa shape index (κ1) is 15.8. The van der Waals surface area contributed by atoms with Gasteiger partial charge < -0.3 is 4.74 Å². The van der Waals surface area contributed by atoms with Crippen LogP contribution in [0.1, 0.15) is 34.0 Å². The van der Waals surface area contributed by atoms with Crippen molar-refractivity contribution in [3.05, 3.63) is 58.7 Å². The largest absolute Gasteiger partial charge is 0.462 e. The van der Waals surface area contributed by atoms with Gasteiger partial charge in [0.2, 0.25) is 0 Å². The SMILES string of the molecule is CCOC(=O)c1cccc(-c2c(C)cc(C)cc2CBr)c1. The van der Waals surface area contributed by atoms with E-state index in [9.17, 15) is 4.79 Å². The van der Waals surface area contributed by atoms with E-state index in [-0.39, 0.29) is 5.97 Å². The molecule has 0 aliphatic rings. The normalized spacial score (nSPS) is 10.5. The monoisotopic (exact) mass is 346 g/mol. The van der Waals surface area contributed by atoms with E-state index in [1.165, 1.54) is 22.3 Å². The van der Waals surface area contributed by atoms with Crippen LogP contribution >= 0.6 is 15.9 Å². The van der Waals surface area contributed by atoms with Gasteiger partial charge in [-0.2, -0.15) is 0 Å². The van der Waals surface area contributed by atoms with Gasteiger partial charge in [-0.25, -0.2) is 4.79 Å². The van der Waals surface area contributed by atoms with Gasteiger partial charge in [0.15, 0.2) is 0 Å². The van der Waals surface area contributed by atoms with Gasteiger partial charge in [0.1, 0.15) is 0 Å². The number of rotatable bonds is 4. The first-order chi connectivity index (χ1) is 10.1. The first-order valence-electron chi connectivity index (χ1n) is 7.00. The number of aryl methyl sites for hydroxylation is 2. The van der Waals surface area contributed by atoms with Crippen molar-refractivity contribution in [3.8, 4) is 11.1 Å². The van der Waals surface area contributed by atoms with E-state index in [2.05, 4.69) is 41.9 Å². The molecule has 0 saturated heterocycles. The molecule has 0 radical (unpaired) electrons. The van der Waals surface area contributed by atoms with Crippen LogP contribution in [0.4, 0.5) is 0 Å². The Balaban J connectivity index is 2.52. The average Bonchev–Trinajstić information content (AvgIpc) is 2.46. The Morgan fingerprint density at radius 3 is 2.62 bits per heavy atom. The Kier molecular flexibility index (Phi) is 5.18. The number of esters is 1. The number of alkyl halides is 1.